The lowest BCUT2D eigenvalue weighted by Gasteiger charge is -2.32. The third-order valence-corrected chi connectivity index (χ3v) is 5.44. The van der Waals surface area contributed by atoms with Crippen LogP contribution in [0.1, 0.15) is 49.7 Å². The van der Waals surface area contributed by atoms with E-state index in [1.165, 1.54) is 12.8 Å². The Hall–Kier alpha value is -1.92. The van der Waals surface area contributed by atoms with Crippen LogP contribution in [0.2, 0.25) is 0 Å². The Morgan fingerprint density at radius 2 is 2.00 bits per heavy atom. The Labute approximate surface area is 141 Å². The van der Waals surface area contributed by atoms with Gasteiger partial charge in [-0.2, -0.15) is 4.98 Å². The maximum absolute atomic E-state index is 12.7. The van der Waals surface area contributed by atoms with Crippen LogP contribution < -0.4 is 0 Å². The van der Waals surface area contributed by atoms with E-state index in [-0.39, 0.29) is 23.7 Å². The van der Waals surface area contributed by atoms with Gasteiger partial charge in [0.2, 0.25) is 17.7 Å². The molecule has 0 spiro atoms. The zero-order chi connectivity index (χ0) is 16.7. The maximum Gasteiger partial charge on any atom is 0.229 e. The van der Waals surface area contributed by atoms with Crippen LogP contribution >= 0.6 is 0 Å². The first kappa shape index (κ1) is 15.6. The van der Waals surface area contributed by atoms with Crippen molar-refractivity contribution in [3.63, 3.8) is 0 Å². The van der Waals surface area contributed by atoms with Gasteiger partial charge in [0.25, 0.3) is 0 Å². The number of carbonyl (C=O) groups is 2. The van der Waals surface area contributed by atoms with Gasteiger partial charge in [-0.15, -0.1) is 0 Å². The third kappa shape index (κ3) is 3.16. The molecule has 130 valence electrons. The predicted molar refractivity (Wildman–Crippen MR) is 85.0 cm³/mol. The lowest BCUT2D eigenvalue weighted by atomic mass is 9.95. The number of carbonyl (C=O) groups excluding carboxylic acids is 2. The maximum atomic E-state index is 12.7. The molecule has 0 aromatic carbocycles. The van der Waals surface area contributed by atoms with E-state index in [0.29, 0.717) is 43.7 Å². The largest absolute Gasteiger partial charge is 0.342 e. The quantitative estimate of drug-likeness (QED) is 0.831. The molecule has 1 saturated carbocycles. The molecule has 0 bridgehead atoms. The predicted octanol–water partition coefficient (Wildman–Crippen LogP) is 1.34. The number of likely N-dealkylation sites (tertiary alicyclic amines) is 2. The third-order valence-electron chi connectivity index (χ3n) is 5.44. The molecule has 3 heterocycles. The van der Waals surface area contributed by atoms with Gasteiger partial charge in [0, 0.05) is 38.5 Å². The number of hydrogen-bond donors (Lipinski definition) is 0. The molecular weight excluding hydrogens is 308 g/mol. The minimum atomic E-state index is -0.154. The first-order chi connectivity index (χ1) is 11.6. The summed E-state index contributed by atoms with van der Waals surface area (Å²) in [6, 6.07) is 0. The fourth-order valence-corrected chi connectivity index (χ4v) is 3.81. The van der Waals surface area contributed by atoms with Gasteiger partial charge in [0.15, 0.2) is 5.82 Å². The number of hydrogen-bond acceptors (Lipinski definition) is 5. The summed E-state index contributed by atoms with van der Waals surface area (Å²) >= 11 is 0. The number of amides is 2. The SMILES string of the molecule is Cc1noc(C2CCN(C(=O)[C@@H]3CC(=O)N(CC4CC4)C3)CC2)n1. The van der Waals surface area contributed by atoms with Crippen molar-refractivity contribution in [2.45, 2.75) is 44.9 Å². The molecule has 1 aromatic rings. The lowest BCUT2D eigenvalue weighted by molar-refractivity contribution is -0.136. The molecule has 0 N–H and O–H groups in total. The molecule has 2 aliphatic heterocycles. The highest BCUT2D eigenvalue weighted by molar-refractivity contribution is 5.89. The van der Waals surface area contributed by atoms with Crippen molar-refractivity contribution < 1.29 is 14.1 Å². The zero-order valence-corrected chi connectivity index (χ0v) is 14.1. The van der Waals surface area contributed by atoms with Crippen LogP contribution in [-0.2, 0) is 9.59 Å². The smallest absolute Gasteiger partial charge is 0.229 e. The second kappa shape index (κ2) is 6.18. The lowest BCUT2D eigenvalue weighted by Crippen LogP contribution is -2.42. The van der Waals surface area contributed by atoms with Gasteiger partial charge in [-0.25, -0.2) is 0 Å². The summed E-state index contributed by atoms with van der Waals surface area (Å²) in [6.07, 6.45) is 4.53. The van der Waals surface area contributed by atoms with Crippen molar-refractivity contribution in [2.24, 2.45) is 11.8 Å². The summed E-state index contributed by atoms with van der Waals surface area (Å²) in [4.78, 5) is 33.0. The zero-order valence-electron chi connectivity index (χ0n) is 14.1. The van der Waals surface area contributed by atoms with Gasteiger partial charge in [0.1, 0.15) is 0 Å². The molecule has 4 rings (SSSR count). The fourth-order valence-electron chi connectivity index (χ4n) is 3.81. The standard InChI is InChI=1S/C17H24N4O3/c1-11-18-16(24-19-11)13-4-6-20(7-5-13)17(23)14-8-15(22)21(10-14)9-12-2-3-12/h12-14H,2-10H2,1H3/t14-/m1/s1. The Balaban J connectivity index is 1.30. The summed E-state index contributed by atoms with van der Waals surface area (Å²) in [5.74, 6) is 2.40. The Morgan fingerprint density at radius 1 is 1.25 bits per heavy atom. The monoisotopic (exact) mass is 332 g/mol. The van der Waals surface area contributed by atoms with Gasteiger partial charge in [-0.05, 0) is 38.5 Å². The van der Waals surface area contributed by atoms with Crippen molar-refractivity contribution >= 4 is 11.8 Å². The van der Waals surface area contributed by atoms with Crippen molar-refractivity contribution in [1.82, 2.24) is 19.9 Å². The molecule has 1 aliphatic carbocycles. The molecule has 7 heteroatoms. The van der Waals surface area contributed by atoms with Crippen molar-refractivity contribution in [1.29, 1.82) is 0 Å². The highest BCUT2D eigenvalue weighted by Gasteiger charge is 2.39. The molecule has 2 saturated heterocycles. The van der Waals surface area contributed by atoms with Crippen LogP contribution in [-0.4, -0.2) is 57.9 Å². The van der Waals surface area contributed by atoms with E-state index in [9.17, 15) is 9.59 Å². The van der Waals surface area contributed by atoms with Crippen molar-refractivity contribution in [3.8, 4) is 0 Å². The van der Waals surface area contributed by atoms with Gasteiger partial charge >= 0.3 is 0 Å². The molecule has 1 atom stereocenters. The number of piperidine rings is 1. The van der Waals surface area contributed by atoms with E-state index in [0.717, 1.165) is 19.4 Å². The van der Waals surface area contributed by atoms with Crippen LogP contribution in [0.3, 0.4) is 0 Å². The Bertz CT molecular complexity index is 632. The molecule has 3 fully saturated rings. The fraction of sp³-hybridized carbons (Fsp3) is 0.765. The van der Waals surface area contributed by atoms with E-state index < -0.39 is 0 Å². The molecule has 0 radical (unpaired) electrons. The van der Waals surface area contributed by atoms with Crippen molar-refractivity contribution in [3.05, 3.63) is 11.7 Å². The molecule has 1 aromatic heterocycles. The molecule has 0 unspecified atom stereocenters. The second-order valence-corrected chi connectivity index (χ2v) is 7.42. The topological polar surface area (TPSA) is 79.5 Å². The molecule has 7 nitrogen and oxygen atoms in total. The first-order valence-electron chi connectivity index (χ1n) is 8.97. The van der Waals surface area contributed by atoms with E-state index in [4.69, 9.17) is 4.52 Å². The van der Waals surface area contributed by atoms with E-state index in [2.05, 4.69) is 10.1 Å². The average Bonchev–Trinajstić information content (AvgIpc) is 3.18. The number of aromatic nitrogens is 2. The number of aryl methyl sites for hydroxylation is 1. The molecule has 2 amide bonds. The van der Waals surface area contributed by atoms with Crippen LogP contribution in [0.5, 0.6) is 0 Å². The minimum Gasteiger partial charge on any atom is -0.342 e. The minimum absolute atomic E-state index is 0.141. The van der Waals surface area contributed by atoms with Crippen LogP contribution in [0.25, 0.3) is 0 Å². The van der Waals surface area contributed by atoms with Crippen LogP contribution in [0, 0.1) is 18.8 Å². The van der Waals surface area contributed by atoms with Crippen LogP contribution in [0.15, 0.2) is 4.52 Å². The first-order valence-corrected chi connectivity index (χ1v) is 8.97. The van der Waals surface area contributed by atoms with Gasteiger partial charge in [-0.1, -0.05) is 5.16 Å². The van der Waals surface area contributed by atoms with Crippen LogP contribution in [0.4, 0.5) is 0 Å². The second-order valence-electron chi connectivity index (χ2n) is 7.42. The number of rotatable bonds is 4. The molecular formula is C17H24N4O3. The van der Waals surface area contributed by atoms with Gasteiger partial charge in [-0.3, -0.25) is 9.59 Å². The average molecular weight is 332 g/mol. The van der Waals surface area contributed by atoms with Gasteiger partial charge in [0.05, 0.1) is 5.92 Å². The highest BCUT2D eigenvalue weighted by Crippen LogP contribution is 2.33. The summed E-state index contributed by atoms with van der Waals surface area (Å²) < 4.78 is 5.25. The molecule has 24 heavy (non-hydrogen) atoms. The van der Waals surface area contributed by atoms with Crippen molar-refractivity contribution in [2.75, 3.05) is 26.2 Å². The summed E-state index contributed by atoms with van der Waals surface area (Å²) in [6.45, 7) is 4.69. The number of nitrogens with zero attached hydrogens (tertiary/aromatic N) is 4. The molecule has 3 aliphatic rings. The highest BCUT2D eigenvalue weighted by atomic mass is 16.5. The van der Waals surface area contributed by atoms with Gasteiger partial charge < -0.3 is 14.3 Å². The summed E-state index contributed by atoms with van der Waals surface area (Å²) in [5, 5.41) is 3.84. The Kier molecular flexibility index (Phi) is 4.02. The summed E-state index contributed by atoms with van der Waals surface area (Å²) in [7, 11) is 0. The Morgan fingerprint density at radius 3 is 2.62 bits per heavy atom. The normalized spacial score (nSPS) is 25.5. The summed E-state index contributed by atoms with van der Waals surface area (Å²) in [5.41, 5.74) is 0. The van der Waals surface area contributed by atoms with E-state index in [1.807, 2.05) is 16.7 Å². The van der Waals surface area contributed by atoms with E-state index in [1.54, 1.807) is 0 Å². The van der Waals surface area contributed by atoms with E-state index >= 15 is 0 Å².